The summed E-state index contributed by atoms with van der Waals surface area (Å²) < 4.78 is 0. The van der Waals surface area contributed by atoms with Crippen molar-refractivity contribution in [1.82, 2.24) is 0 Å². The Balaban J connectivity index is 2.49. The zero-order valence-electron chi connectivity index (χ0n) is 6.13. The summed E-state index contributed by atoms with van der Waals surface area (Å²) in [7, 11) is 0. The molecule has 0 radical (unpaired) electrons. The molecule has 0 aliphatic heterocycles. The van der Waals surface area contributed by atoms with E-state index in [1.54, 1.807) is 11.3 Å². The average Bonchev–Trinajstić information content (AvgIpc) is 2.31. The van der Waals surface area contributed by atoms with Crippen LogP contribution in [0.2, 0.25) is 0 Å². The predicted octanol–water partition coefficient (Wildman–Crippen LogP) is 1.98. The van der Waals surface area contributed by atoms with E-state index >= 15 is 0 Å². The van der Waals surface area contributed by atoms with Gasteiger partial charge in [0.25, 0.3) is 0 Å². The van der Waals surface area contributed by atoms with E-state index in [-0.39, 0.29) is 0 Å². The molecule has 0 spiro atoms. The lowest BCUT2D eigenvalue weighted by Crippen LogP contribution is -1.88. The fraction of sp³-hybridized carbons (Fsp3) is 0.500. The molecule has 1 heterocycles. The topological polar surface area (TPSA) is 20.2 Å². The first-order valence-corrected chi connectivity index (χ1v) is 4.36. The monoisotopic (exact) mass is 156 g/mol. The molecule has 56 valence electrons. The number of rotatable bonds is 3. The van der Waals surface area contributed by atoms with Crippen LogP contribution in [0.5, 0.6) is 0 Å². The lowest BCUT2D eigenvalue weighted by Gasteiger charge is -1.95. The summed E-state index contributed by atoms with van der Waals surface area (Å²) in [5.41, 5.74) is 1.39. The number of aryl methyl sites for hydroxylation is 2. The second kappa shape index (κ2) is 3.74. The van der Waals surface area contributed by atoms with E-state index in [1.807, 2.05) is 0 Å². The minimum absolute atomic E-state index is 0.301. The molecule has 0 atom stereocenters. The fourth-order valence-corrected chi connectivity index (χ4v) is 1.70. The molecular weight excluding hydrogens is 144 g/mol. The van der Waals surface area contributed by atoms with Crippen molar-refractivity contribution in [1.29, 1.82) is 0 Å². The Hall–Kier alpha value is -0.340. The largest absolute Gasteiger partial charge is 0.396 e. The third-order valence-corrected chi connectivity index (χ3v) is 2.46. The van der Waals surface area contributed by atoms with E-state index in [9.17, 15) is 0 Å². The van der Waals surface area contributed by atoms with Gasteiger partial charge in [0.05, 0.1) is 0 Å². The molecule has 0 amide bonds. The summed E-state index contributed by atoms with van der Waals surface area (Å²) in [6.07, 6.45) is 1.91. The molecular formula is C8H12OS. The van der Waals surface area contributed by atoms with Gasteiger partial charge in [0.2, 0.25) is 0 Å². The van der Waals surface area contributed by atoms with Gasteiger partial charge in [-0.05, 0) is 36.8 Å². The summed E-state index contributed by atoms with van der Waals surface area (Å²) in [6.45, 7) is 2.42. The van der Waals surface area contributed by atoms with Crippen LogP contribution in [-0.4, -0.2) is 11.7 Å². The highest BCUT2D eigenvalue weighted by molar-refractivity contribution is 7.10. The van der Waals surface area contributed by atoms with Gasteiger partial charge in [0, 0.05) is 11.5 Å². The van der Waals surface area contributed by atoms with Crippen molar-refractivity contribution in [2.75, 3.05) is 6.61 Å². The maximum absolute atomic E-state index is 8.56. The number of hydrogen-bond acceptors (Lipinski definition) is 2. The third kappa shape index (κ3) is 1.82. The first kappa shape index (κ1) is 7.76. The van der Waals surface area contributed by atoms with Crippen molar-refractivity contribution >= 4 is 11.3 Å². The number of thiophene rings is 1. The van der Waals surface area contributed by atoms with Crippen LogP contribution in [0.15, 0.2) is 11.4 Å². The van der Waals surface area contributed by atoms with E-state index < -0.39 is 0 Å². The first-order chi connectivity index (χ1) is 4.84. The SMILES string of the molecule is Cc1sccc1CCCO. The predicted molar refractivity (Wildman–Crippen MR) is 44.5 cm³/mol. The Labute approximate surface area is 65.3 Å². The smallest absolute Gasteiger partial charge is 0.0434 e. The number of hydrogen-bond donors (Lipinski definition) is 1. The fourth-order valence-electron chi connectivity index (χ4n) is 0.940. The first-order valence-electron chi connectivity index (χ1n) is 3.48. The standard InChI is InChI=1S/C8H12OS/c1-7-8(3-2-5-9)4-6-10-7/h4,6,9H,2-3,5H2,1H3. The van der Waals surface area contributed by atoms with Crippen LogP contribution in [0.25, 0.3) is 0 Å². The molecule has 1 rings (SSSR count). The van der Waals surface area contributed by atoms with Crippen LogP contribution < -0.4 is 0 Å². The van der Waals surface area contributed by atoms with Gasteiger partial charge in [0.15, 0.2) is 0 Å². The summed E-state index contributed by atoms with van der Waals surface area (Å²) >= 11 is 1.77. The van der Waals surface area contributed by atoms with Gasteiger partial charge in [-0.25, -0.2) is 0 Å². The summed E-state index contributed by atoms with van der Waals surface area (Å²) in [5.74, 6) is 0. The average molecular weight is 156 g/mol. The quantitative estimate of drug-likeness (QED) is 0.709. The van der Waals surface area contributed by atoms with Gasteiger partial charge in [-0.3, -0.25) is 0 Å². The van der Waals surface area contributed by atoms with Gasteiger partial charge in [-0.1, -0.05) is 0 Å². The highest BCUT2D eigenvalue weighted by Gasteiger charge is 1.96. The van der Waals surface area contributed by atoms with Crippen LogP contribution >= 0.6 is 11.3 Å². The molecule has 1 aromatic rings. The van der Waals surface area contributed by atoms with Crippen molar-refractivity contribution in [2.24, 2.45) is 0 Å². The zero-order valence-corrected chi connectivity index (χ0v) is 6.95. The Morgan fingerprint density at radius 1 is 1.60 bits per heavy atom. The van der Waals surface area contributed by atoms with Crippen LogP contribution in [0.3, 0.4) is 0 Å². The maximum Gasteiger partial charge on any atom is 0.0434 e. The molecule has 0 aromatic carbocycles. The van der Waals surface area contributed by atoms with Crippen LogP contribution in [0.4, 0.5) is 0 Å². The number of aliphatic hydroxyl groups excluding tert-OH is 1. The van der Waals surface area contributed by atoms with Crippen molar-refractivity contribution in [2.45, 2.75) is 19.8 Å². The van der Waals surface area contributed by atoms with Crippen LogP contribution in [0.1, 0.15) is 16.9 Å². The Morgan fingerprint density at radius 3 is 2.90 bits per heavy atom. The molecule has 0 aliphatic rings. The van der Waals surface area contributed by atoms with Gasteiger partial charge < -0.3 is 5.11 Å². The molecule has 0 aliphatic carbocycles. The van der Waals surface area contributed by atoms with E-state index in [0.29, 0.717) is 6.61 Å². The minimum atomic E-state index is 0.301. The molecule has 0 saturated carbocycles. The molecule has 1 N–H and O–H groups in total. The number of aliphatic hydroxyl groups is 1. The second-order valence-electron chi connectivity index (χ2n) is 2.33. The Morgan fingerprint density at radius 2 is 2.40 bits per heavy atom. The minimum Gasteiger partial charge on any atom is -0.396 e. The molecule has 1 aromatic heterocycles. The molecule has 0 saturated heterocycles. The van der Waals surface area contributed by atoms with Gasteiger partial charge >= 0.3 is 0 Å². The van der Waals surface area contributed by atoms with E-state index in [1.165, 1.54) is 10.4 Å². The lowest BCUT2D eigenvalue weighted by atomic mass is 10.1. The molecule has 10 heavy (non-hydrogen) atoms. The van der Waals surface area contributed by atoms with Crippen molar-refractivity contribution < 1.29 is 5.11 Å². The van der Waals surface area contributed by atoms with Crippen molar-refractivity contribution in [3.63, 3.8) is 0 Å². The van der Waals surface area contributed by atoms with Crippen LogP contribution in [0, 0.1) is 6.92 Å². The molecule has 0 bridgehead atoms. The maximum atomic E-state index is 8.56. The summed E-state index contributed by atoms with van der Waals surface area (Å²) in [4.78, 5) is 1.38. The van der Waals surface area contributed by atoms with E-state index in [0.717, 1.165) is 12.8 Å². The highest BCUT2D eigenvalue weighted by Crippen LogP contribution is 2.16. The summed E-state index contributed by atoms with van der Waals surface area (Å²) in [5, 5.41) is 10.7. The van der Waals surface area contributed by atoms with Gasteiger partial charge in [0.1, 0.15) is 0 Å². The highest BCUT2D eigenvalue weighted by atomic mass is 32.1. The molecule has 2 heteroatoms. The second-order valence-corrected chi connectivity index (χ2v) is 3.45. The molecule has 1 nitrogen and oxygen atoms in total. The lowest BCUT2D eigenvalue weighted by molar-refractivity contribution is 0.288. The normalized spacial score (nSPS) is 10.2. The zero-order chi connectivity index (χ0) is 7.40. The molecule has 0 unspecified atom stereocenters. The van der Waals surface area contributed by atoms with Crippen LogP contribution in [-0.2, 0) is 6.42 Å². The Bertz CT molecular complexity index is 193. The summed E-state index contributed by atoms with van der Waals surface area (Å²) in [6, 6.07) is 2.13. The van der Waals surface area contributed by atoms with E-state index in [2.05, 4.69) is 18.4 Å². The van der Waals surface area contributed by atoms with E-state index in [4.69, 9.17) is 5.11 Å². The van der Waals surface area contributed by atoms with Crippen molar-refractivity contribution in [3.05, 3.63) is 21.9 Å². The third-order valence-electron chi connectivity index (χ3n) is 1.57. The van der Waals surface area contributed by atoms with Gasteiger partial charge in [-0.15, -0.1) is 11.3 Å². The molecule has 0 fully saturated rings. The van der Waals surface area contributed by atoms with Gasteiger partial charge in [-0.2, -0.15) is 0 Å². The van der Waals surface area contributed by atoms with Crippen molar-refractivity contribution in [3.8, 4) is 0 Å². The Kier molecular flexibility index (Phi) is 2.90.